The number of nitrogens with two attached hydrogens (primary N) is 1. The van der Waals surface area contributed by atoms with Crippen LogP contribution in [0.1, 0.15) is 38.5 Å². The number of hydrogen-bond acceptors (Lipinski definition) is 3. The summed E-state index contributed by atoms with van der Waals surface area (Å²) < 4.78 is 0. The molecule has 0 atom stereocenters. The number of hydrogen-bond donors (Lipinski definition) is 2. The Balaban J connectivity index is 0.00000144. The van der Waals surface area contributed by atoms with Crippen LogP contribution in [-0.4, -0.2) is 42.5 Å². The van der Waals surface area contributed by atoms with Crippen LogP contribution in [0.5, 0.6) is 0 Å². The van der Waals surface area contributed by atoms with Gasteiger partial charge in [-0.25, -0.2) is 0 Å². The number of halogens is 2. The summed E-state index contributed by atoms with van der Waals surface area (Å²) in [6.45, 7) is 4.34. The first-order chi connectivity index (χ1) is 7.71. The number of nitrogens with zero attached hydrogens (tertiary/aromatic N) is 1. The van der Waals surface area contributed by atoms with Gasteiger partial charge in [0.1, 0.15) is 0 Å². The molecule has 4 nitrogen and oxygen atoms in total. The van der Waals surface area contributed by atoms with E-state index in [9.17, 15) is 4.79 Å². The molecule has 6 heteroatoms. The lowest BCUT2D eigenvalue weighted by atomic mass is 10.1. The Morgan fingerprint density at radius 1 is 1.17 bits per heavy atom. The van der Waals surface area contributed by atoms with Crippen molar-refractivity contribution in [1.82, 2.24) is 10.2 Å². The van der Waals surface area contributed by atoms with Crippen LogP contribution < -0.4 is 11.1 Å². The van der Waals surface area contributed by atoms with Crippen molar-refractivity contribution in [2.24, 2.45) is 5.73 Å². The van der Waals surface area contributed by atoms with E-state index >= 15 is 0 Å². The van der Waals surface area contributed by atoms with E-state index in [1.807, 2.05) is 0 Å². The molecule has 1 aliphatic heterocycles. The molecule has 1 amide bonds. The maximum Gasteiger partial charge on any atom is 0.240 e. The van der Waals surface area contributed by atoms with Gasteiger partial charge in [-0.3, -0.25) is 4.79 Å². The van der Waals surface area contributed by atoms with Gasteiger partial charge >= 0.3 is 0 Å². The fourth-order valence-electron chi connectivity index (χ4n) is 2.23. The second kappa shape index (κ2) is 8.20. The molecule has 108 valence electrons. The van der Waals surface area contributed by atoms with Crippen LogP contribution in [0.15, 0.2) is 0 Å². The number of carbonyl (C=O) groups excluding carboxylic acids is 1. The third-order valence-corrected chi connectivity index (χ3v) is 3.63. The number of piperidine rings is 1. The maximum absolute atomic E-state index is 11.5. The minimum atomic E-state index is -0.509. The first kappa shape index (κ1) is 18.0. The minimum Gasteiger partial charge on any atom is -0.354 e. The first-order valence-electron chi connectivity index (χ1n) is 6.50. The third-order valence-electron chi connectivity index (χ3n) is 3.63. The van der Waals surface area contributed by atoms with Crippen LogP contribution in [0.2, 0.25) is 0 Å². The van der Waals surface area contributed by atoms with Gasteiger partial charge in [-0.1, -0.05) is 6.42 Å². The van der Waals surface area contributed by atoms with E-state index in [1.165, 1.54) is 32.4 Å². The van der Waals surface area contributed by atoms with Gasteiger partial charge in [0.2, 0.25) is 5.91 Å². The molecular formula is C12H25Cl2N3O. The Labute approximate surface area is 122 Å². The summed E-state index contributed by atoms with van der Waals surface area (Å²) in [4.78, 5) is 14.0. The number of likely N-dealkylation sites (tertiary alicyclic amines) is 1. The van der Waals surface area contributed by atoms with Crippen LogP contribution in [0.25, 0.3) is 0 Å². The molecule has 2 rings (SSSR count). The molecule has 0 aromatic carbocycles. The normalized spacial score (nSPS) is 21.4. The summed E-state index contributed by atoms with van der Waals surface area (Å²) >= 11 is 0. The van der Waals surface area contributed by atoms with Gasteiger partial charge in [-0.15, -0.1) is 24.8 Å². The Bertz CT molecular complexity index is 254. The molecule has 0 bridgehead atoms. The Hall–Kier alpha value is -0.0300. The monoisotopic (exact) mass is 297 g/mol. The van der Waals surface area contributed by atoms with Gasteiger partial charge < -0.3 is 16.0 Å². The molecule has 0 aromatic rings. The van der Waals surface area contributed by atoms with E-state index in [-0.39, 0.29) is 30.7 Å². The highest BCUT2D eigenvalue weighted by molar-refractivity contribution is 5.88. The summed E-state index contributed by atoms with van der Waals surface area (Å²) in [5.41, 5.74) is 5.28. The maximum atomic E-state index is 11.5. The molecule has 1 heterocycles. The molecule has 2 aliphatic rings. The summed E-state index contributed by atoms with van der Waals surface area (Å²) in [6.07, 6.45) is 6.79. The minimum absolute atomic E-state index is 0. The van der Waals surface area contributed by atoms with Crippen LogP contribution in [0.3, 0.4) is 0 Å². The molecule has 0 unspecified atom stereocenters. The summed E-state index contributed by atoms with van der Waals surface area (Å²) in [5, 5.41) is 2.93. The summed E-state index contributed by atoms with van der Waals surface area (Å²) in [5.74, 6) is 0.0474. The largest absolute Gasteiger partial charge is 0.354 e. The van der Waals surface area contributed by atoms with Crippen molar-refractivity contribution in [2.45, 2.75) is 44.1 Å². The quantitative estimate of drug-likeness (QED) is 0.753. The van der Waals surface area contributed by atoms with Gasteiger partial charge in [0.05, 0.1) is 5.54 Å². The molecular weight excluding hydrogens is 273 g/mol. The third kappa shape index (κ3) is 5.31. The lowest BCUT2D eigenvalue weighted by Crippen LogP contribution is -2.43. The zero-order chi connectivity index (χ0) is 11.4. The van der Waals surface area contributed by atoms with E-state index in [0.29, 0.717) is 0 Å². The second-order valence-electron chi connectivity index (χ2n) is 5.17. The number of carbonyl (C=O) groups is 1. The van der Waals surface area contributed by atoms with Gasteiger partial charge in [0, 0.05) is 6.54 Å². The molecule has 0 radical (unpaired) electrons. The van der Waals surface area contributed by atoms with Crippen molar-refractivity contribution in [1.29, 1.82) is 0 Å². The van der Waals surface area contributed by atoms with Gasteiger partial charge in [0.25, 0.3) is 0 Å². The molecule has 1 saturated carbocycles. The van der Waals surface area contributed by atoms with Crippen molar-refractivity contribution in [3.05, 3.63) is 0 Å². The summed E-state index contributed by atoms with van der Waals surface area (Å²) in [7, 11) is 0. The van der Waals surface area contributed by atoms with E-state index in [0.717, 1.165) is 32.4 Å². The van der Waals surface area contributed by atoms with Gasteiger partial charge in [-0.05, 0) is 51.7 Å². The van der Waals surface area contributed by atoms with Crippen LogP contribution in [0, 0.1) is 0 Å². The first-order valence-corrected chi connectivity index (χ1v) is 6.50. The lowest BCUT2D eigenvalue weighted by molar-refractivity contribution is -0.123. The fourth-order valence-corrected chi connectivity index (χ4v) is 2.23. The molecule has 1 aliphatic carbocycles. The Morgan fingerprint density at radius 3 is 2.33 bits per heavy atom. The molecule has 18 heavy (non-hydrogen) atoms. The predicted molar refractivity (Wildman–Crippen MR) is 78.6 cm³/mol. The average Bonchev–Trinajstić information content (AvgIpc) is 3.05. The standard InChI is InChI=1S/C12H23N3O.2ClH/c13-12(5-6-12)11(16)14-7-4-10-15-8-2-1-3-9-15;;/h1-10,13H2,(H,14,16);2*1H. The molecule has 1 saturated heterocycles. The number of rotatable bonds is 5. The van der Waals surface area contributed by atoms with Crippen molar-refractivity contribution >= 4 is 30.7 Å². The topological polar surface area (TPSA) is 58.4 Å². The smallest absolute Gasteiger partial charge is 0.240 e. The summed E-state index contributed by atoms with van der Waals surface area (Å²) in [6, 6.07) is 0. The predicted octanol–water partition coefficient (Wildman–Crippen LogP) is 1.31. The van der Waals surface area contributed by atoms with Gasteiger partial charge in [0.15, 0.2) is 0 Å². The zero-order valence-corrected chi connectivity index (χ0v) is 12.5. The number of amides is 1. The molecule has 2 fully saturated rings. The van der Waals surface area contributed by atoms with Crippen molar-refractivity contribution in [3.8, 4) is 0 Å². The second-order valence-corrected chi connectivity index (χ2v) is 5.17. The van der Waals surface area contributed by atoms with Crippen LogP contribution >= 0.6 is 24.8 Å². The molecule has 0 aromatic heterocycles. The van der Waals surface area contributed by atoms with Crippen molar-refractivity contribution < 1.29 is 4.79 Å². The van der Waals surface area contributed by atoms with E-state index in [1.54, 1.807) is 0 Å². The highest BCUT2D eigenvalue weighted by atomic mass is 35.5. The number of nitrogens with one attached hydrogen (secondary N) is 1. The Kier molecular flexibility index (Phi) is 8.19. The van der Waals surface area contributed by atoms with Crippen molar-refractivity contribution in [2.75, 3.05) is 26.2 Å². The fraction of sp³-hybridized carbons (Fsp3) is 0.917. The van der Waals surface area contributed by atoms with Crippen molar-refractivity contribution in [3.63, 3.8) is 0 Å². The zero-order valence-electron chi connectivity index (χ0n) is 10.8. The van der Waals surface area contributed by atoms with Crippen LogP contribution in [0.4, 0.5) is 0 Å². The van der Waals surface area contributed by atoms with E-state index in [4.69, 9.17) is 5.73 Å². The highest BCUT2D eigenvalue weighted by Crippen LogP contribution is 2.31. The Morgan fingerprint density at radius 2 is 1.78 bits per heavy atom. The van der Waals surface area contributed by atoms with E-state index < -0.39 is 5.54 Å². The highest BCUT2D eigenvalue weighted by Gasteiger charge is 2.45. The average molecular weight is 298 g/mol. The van der Waals surface area contributed by atoms with E-state index in [2.05, 4.69) is 10.2 Å². The SMILES string of the molecule is Cl.Cl.NC1(C(=O)NCCCN2CCCCC2)CC1. The van der Waals surface area contributed by atoms with Gasteiger partial charge in [-0.2, -0.15) is 0 Å². The lowest BCUT2D eigenvalue weighted by Gasteiger charge is -2.26. The molecule has 0 spiro atoms. The molecule has 3 N–H and O–H groups in total. The van der Waals surface area contributed by atoms with Crippen LogP contribution in [-0.2, 0) is 4.79 Å².